The molecule has 0 atom stereocenters. The summed E-state index contributed by atoms with van der Waals surface area (Å²) >= 11 is 0. The molecule has 6 N–H and O–H groups in total. The van der Waals surface area contributed by atoms with Gasteiger partial charge in [0.1, 0.15) is 28.8 Å². The summed E-state index contributed by atoms with van der Waals surface area (Å²) in [7, 11) is 0. The van der Waals surface area contributed by atoms with Crippen LogP contribution < -0.4 is 4.74 Å². The summed E-state index contributed by atoms with van der Waals surface area (Å²) in [4.78, 5) is 43.4. The molecule has 0 aliphatic carbocycles. The Balaban J connectivity index is 0.000000183. The number of rotatable bonds is 22. The summed E-state index contributed by atoms with van der Waals surface area (Å²) in [5, 5.41) is 60.4. The molecule has 3 fully saturated rings. The quantitative estimate of drug-likeness (QED) is 0.0278. The van der Waals surface area contributed by atoms with Gasteiger partial charge in [-0.1, -0.05) is 54.1 Å². The second-order valence-corrected chi connectivity index (χ2v) is 23.3. The van der Waals surface area contributed by atoms with Gasteiger partial charge in [0, 0.05) is 94.5 Å². The molecule has 6 aromatic carbocycles. The van der Waals surface area contributed by atoms with Gasteiger partial charge in [-0.25, -0.2) is 4.39 Å². The zero-order chi connectivity index (χ0) is 61.0. The number of hydrogen-bond donors (Lipinski definition) is 6. The second-order valence-electron chi connectivity index (χ2n) is 23.3. The molecule has 85 heavy (non-hydrogen) atoms. The Morgan fingerprint density at radius 2 is 0.706 bits per heavy atom. The number of aliphatic hydroxyl groups is 3. The van der Waals surface area contributed by atoms with E-state index in [1.54, 1.807) is 72.8 Å². The summed E-state index contributed by atoms with van der Waals surface area (Å²) in [6, 6.07) is 39.3. The summed E-state index contributed by atoms with van der Waals surface area (Å²) in [5.74, 6) is 0.158. The summed E-state index contributed by atoms with van der Waals surface area (Å²) in [6.45, 7) is 9.26. The predicted molar refractivity (Wildman–Crippen MR) is 319 cm³/mol. The number of phenols is 3. The minimum atomic E-state index is -4.72. The molecule has 456 valence electrons. The largest absolute Gasteiger partial charge is 0.573 e. The van der Waals surface area contributed by atoms with E-state index in [0.29, 0.717) is 100 Å². The van der Waals surface area contributed by atoms with Gasteiger partial charge >= 0.3 is 6.36 Å². The van der Waals surface area contributed by atoms with Crippen LogP contribution in [0.2, 0.25) is 0 Å². The van der Waals surface area contributed by atoms with Crippen molar-refractivity contribution in [3.05, 3.63) is 190 Å². The lowest BCUT2D eigenvalue weighted by Crippen LogP contribution is -2.45. The average Bonchev–Trinajstić information content (AvgIpc) is 3.68. The van der Waals surface area contributed by atoms with Gasteiger partial charge in [-0.2, -0.15) is 0 Å². The van der Waals surface area contributed by atoms with Crippen LogP contribution in [0.5, 0.6) is 23.0 Å². The number of Topliss-reactive ketones (excluding diaryl/α,β-unsaturated/α-hetero) is 3. The van der Waals surface area contributed by atoms with Gasteiger partial charge < -0.3 is 50.1 Å². The molecule has 0 unspecified atom stereocenters. The Morgan fingerprint density at radius 1 is 0.435 bits per heavy atom. The highest BCUT2D eigenvalue weighted by molar-refractivity contribution is 5.97. The number of alkyl halides is 3. The lowest BCUT2D eigenvalue weighted by molar-refractivity contribution is -0.274. The zero-order valence-corrected chi connectivity index (χ0v) is 48.5. The van der Waals surface area contributed by atoms with E-state index in [4.69, 9.17) is 0 Å². The fourth-order valence-corrected chi connectivity index (χ4v) is 11.1. The van der Waals surface area contributed by atoms with E-state index in [1.165, 1.54) is 59.7 Å². The van der Waals surface area contributed by atoms with Gasteiger partial charge in [-0.15, -0.1) is 13.2 Å². The average molecular weight is 1180 g/mol. The maximum Gasteiger partial charge on any atom is 0.573 e. The van der Waals surface area contributed by atoms with Crippen LogP contribution in [-0.2, 0) is 19.3 Å². The fraction of sp³-hybridized carbons (Fsp3) is 0.426. The van der Waals surface area contributed by atoms with Crippen LogP contribution in [0.4, 0.5) is 17.6 Å². The molecule has 0 amide bonds. The van der Waals surface area contributed by atoms with Crippen molar-refractivity contribution in [2.24, 2.45) is 0 Å². The van der Waals surface area contributed by atoms with Crippen molar-refractivity contribution in [1.82, 2.24) is 14.7 Å². The summed E-state index contributed by atoms with van der Waals surface area (Å²) in [6.07, 6.45) is 4.60. The maximum atomic E-state index is 13.0. The normalized spacial score (nSPS) is 16.9. The van der Waals surface area contributed by atoms with E-state index in [0.717, 1.165) is 82.6 Å². The number of ether oxygens (including phenoxy) is 1. The molecule has 0 spiro atoms. The molecule has 0 radical (unpaired) electrons. The fourth-order valence-electron chi connectivity index (χ4n) is 11.1. The molecule has 3 heterocycles. The minimum absolute atomic E-state index is 0.0338. The number of ketones is 3. The second kappa shape index (κ2) is 30.9. The number of halogens is 4. The Kier molecular flexibility index (Phi) is 23.8. The van der Waals surface area contributed by atoms with E-state index in [2.05, 4.69) is 50.6 Å². The molecular formula is C68H81F4N3O10. The van der Waals surface area contributed by atoms with Gasteiger partial charge in [0.2, 0.25) is 0 Å². The van der Waals surface area contributed by atoms with Crippen LogP contribution >= 0.6 is 0 Å². The highest BCUT2D eigenvalue weighted by atomic mass is 19.4. The smallest absolute Gasteiger partial charge is 0.508 e. The van der Waals surface area contributed by atoms with Crippen LogP contribution in [0, 0.1) is 12.7 Å². The number of carbonyl (C=O) groups excluding carboxylic acids is 3. The van der Waals surface area contributed by atoms with Gasteiger partial charge in [0.05, 0.1) is 16.8 Å². The first-order chi connectivity index (χ1) is 40.5. The van der Waals surface area contributed by atoms with Crippen LogP contribution in [-0.4, -0.2) is 145 Å². The third-order valence-electron chi connectivity index (χ3n) is 16.4. The van der Waals surface area contributed by atoms with E-state index < -0.39 is 23.2 Å². The number of hydrogen-bond acceptors (Lipinski definition) is 13. The van der Waals surface area contributed by atoms with Gasteiger partial charge in [-0.3, -0.25) is 14.4 Å². The lowest BCUT2D eigenvalue weighted by atomic mass is 9.85. The van der Waals surface area contributed by atoms with Gasteiger partial charge in [0.25, 0.3) is 0 Å². The number of aryl methyl sites for hydroxylation is 1. The van der Waals surface area contributed by atoms with Crippen LogP contribution in [0.25, 0.3) is 0 Å². The monoisotopic (exact) mass is 1180 g/mol. The first-order valence-corrected chi connectivity index (χ1v) is 29.4. The van der Waals surface area contributed by atoms with Crippen molar-refractivity contribution in [3.8, 4) is 23.0 Å². The molecular weight excluding hydrogens is 1090 g/mol. The molecule has 0 bridgehead atoms. The van der Waals surface area contributed by atoms with Crippen molar-refractivity contribution < 1.29 is 67.3 Å². The Bertz CT molecular complexity index is 2880. The number of nitrogens with zero attached hydrogens (tertiary/aromatic N) is 3. The minimum Gasteiger partial charge on any atom is -0.508 e. The first kappa shape index (κ1) is 65.6. The highest BCUT2D eigenvalue weighted by Gasteiger charge is 2.35. The summed E-state index contributed by atoms with van der Waals surface area (Å²) < 4.78 is 53.6. The highest BCUT2D eigenvalue weighted by Crippen LogP contribution is 2.31. The van der Waals surface area contributed by atoms with Crippen molar-refractivity contribution in [2.75, 3.05) is 58.9 Å². The molecule has 0 saturated carbocycles. The lowest BCUT2D eigenvalue weighted by Gasteiger charge is -2.38. The Hall–Kier alpha value is -6.99. The van der Waals surface area contributed by atoms with Crippen molar-refractivity contribution in [1.29, 1.82) is 0 Å². The van der Waals surface area contributed by atoms with Crippen LogP contribution in [0.3, 0.4) is 0 Å². The number of aromatic hydroxyl groups is 3. The van der Waals surface area contributed by atoms with Crippen molar-refractivity contribution >= 4 is 17.3 Å². The third-order valence-corrected chi connectivity index (χ3v) is 16.4. The number of piperidine rings is 3. The maximum absolute atomic E-state index is 13.0. The summed E-state index contributed by atoms with van der Waals surface area (Å²) in [5.41, 5.74) is 3.74. The Labute approximate surface area is 496 Å². The Morgan fingerprint density at radius 3 is 0.988 bits per heavy atom. The van der Waals surface area contributed by atoms with E-state index in [1.807, 2.05) is 0 Å². The van der Waals surface area contributed by atoms with E-state index >= 15 is 0 Å². The predicted octanol–water partition coefficient (Wildman–Crippen LogP) is 11.6. The number of carbonyl (C=O) groups is 3. The molecule has 3 aliphatic rings. The van der Waals surface area contributed by atoms with Gasteiger partial charge in [0.15, 0.2) is 17.3 Å². The number of phenolic OH excluding ortho intramolecular Hbond substituents is 3. The SMILES string of the molecule is Cc1ccc(CC2(O)CCN(CCCC(=O)c3ccc(O)cc3)CC2)cc1.O=C(CCCN1CCC(O)(Cc2ccc(F)cc2)CC1)c1ccc(O)cc1.O=C(CCCN1CCC(O)(Cc2ccc(OC(F)(F)F)cc2)CC1)c1ccc(O)cc1. The molecule has 3 saturated heterocycles. The van der Waals surface area contributed by atoms with Crippen LogP contribution in [0.1, 0.15) is 130 Å². The molecule has 6 aromatic rings. The molecule has 13 nitrogen and oxygen atoms in total. The molecule has 3 aliphatic heterocycles. The standard InChI is InChI=1S/C23H26F3NO4.C23H29NO3.C22H26FNO3/c24-23(25,26)31-20-9-3-17(4-10-20)16-22(30)11-14-27(15-12-22)13-1-2-21(29)18-5-7-19(28)8-6-18;1-18-4-6-19(7-5-18)17-23(27)12-15-24(16-13-23)14-2-3-22(26)20-8-10-21(25)11-9-20;23-19-7-3-17(4-8-19)16-22(27)11-14-24(15-12-22)13-1-2-21(26)18-5-9-20(25)10-6-18/h3-10,28,30H,1-2,11-16H2;4-11,25,27H,2-3,12-17H2,1H3;3-10,25,27H,1-2,11-16H2. The molecule has 17 heteroatoms. The van der Waals surface area contributed by atoms with Crippen molar-refractivity contribution in [2.45, 2.75) is 126 Å². The van der Waals surface area contributed by atoms with E-state index in [-0.39, 0.29) is 46.2 Å². The van der Waals surface area contributed by atoms with Gasteiger partial charge in [-0.05, 0) is 198 Å². The molecule has 9 rings (SSSR count). The molecule has 0 aromatic heterocycles. The number of benzene rings is 6. The number of likely N-dealkylation sites (tertiary alicyclic amines) is 3. The zero-order valence-electron chi connectivity index (χ0n) is 48.5. The third kappa shape index (κ3) is 22.4. The van der Waals surface area contributed by atoms with Crippen LogP contribution in [0.15, 0.2) is 146 Å². The first-order valence-electron chi connectivity index (χ1n) is 29.4. The van der Waals surface area contributed by atoms with E-state index in [9.17, 15) is 62.6 Å². The van der Waals surface area contributed by atoms with Crippen molar-refractivity contribution in [3.63, 3.8) is 0 Å². The topological polar surface area (TPSA) is 192 Å².